The molecule has 27 heavy (non-hydrogen) atoms. The van der Waals surface area contributed by atoms with E-state index in [1.807, 2.05) is 28.8 Å². The summed E-state index contributed by atoms with van der Waals surface area (Å²) in [5.41, 5.74) is 1.04. The fraction of sp³-hybridized carbons (Fsp3) is 0.105. The topological polar surface area (TPSA) is 93.7 Å². The summed E-state index contributed by atoms with van der Waals surface area (Å²) >= 11 is 6.14. The summed E-state index contributed by atoms with van der Waals surface area (Å²) in [5.74, 6) is -0.633. The van der Waals surface area contributed by atoms with Crippen molar-refractivity contribution in [3.05, 3.63) is 64.2 Å². The van der Waals surface area contributed by atoms with Gasteiger partial charge >= 0.3 is 6.03 Å². The molecular weight excluding hydrogens is 372 g/mol. The van der Waals surface area contributed by atoms with Crippen molar-refractivity contribution in [2.75, 3.05) is 7.11 Å². The Morgan fingerprint density at radius 1 is 1.04 bits per heavy atom. The first-order valence-electron chi connectivity index (χ1n) is 7.90. The van der Waals surface area contributed by atoms with Gasteiger partial charge in [-0.15, -0.1) is 0 Å². The molecule has 138 valence electrons. The third-order valence-electron chi connectivity index (χ3n) is 3.80. The van der Waals surface area contributed by atoms with E-state index >= 15 is 0 Å². The monoisotopic (exact) mass is 386 g/mol. The fourth-order valence-corrected chi connectivity index (χ4v) is 2.61. The number of urea groups is 1. The Morgan fingerprint density at radius 3 is 2.41 bits per heavy atom. The molecule has 0 aromatic heterocycles. The predicted octanol–water partition coefficient (Wildman–Crippen LogP) is 2.68. The summed E-state index contributed by atoms with van der Waals surface area (Å²) in [6, 6.07) is 11.3. The van der Waals surface area contributed by atoms with Gasteiger partial charge in [0.05, 0.1) is 7.11 Å². The number of hydrogen-bond donors (Lipinski definition) is 2. The van der Waals surface area contributed by atoms with Crippen molar-refractivity contribution in [2.45, 2.75) is 6.61 Å². The van der Waals surface area contributed by atoms with Crippen LogP contribution >= 0.6 is 11.6 Å². The van der Waals surface area contributed by atoms with E-state index in [1.165, 1.54) is 13.2 Å². The number of benzene rings is 2. The molecule has 0 unspecified atom stereocenters. The van der Waals surface area contributed by atoms with Gasteiger partial charge < -0.3 is 9.47 Å². The molecule has 1 heterocycles. The van der Waals surface area contributed by atoms with Gasteiger partial charge in [0.15, 0.2) is 0 Å². The van der Waals surface area contributed by atoms with Crippen LogP contribution in [0.1, 0.15) is 11.1 Å². The lowest BCUT2D eigenvalue weighted by Gasteiger charge is -2.16. The Balaban J connectivity index is 1.92. The Morgan fingerprint density at radius 2 is 1.74 bits per heavy atom. The van der Waals surface area contributed by atoms with E-state index in [4.69, 9.17) is 21.1 Å². The number of ether oxygens (including phenoxy) is 2. The highest BCUT2D eigenvalue weighted by Gasteiger charge is 2.28. The van der Waals surface area contributed by atoms with Crippen LogP contribution < -0.4 is 20.1 Å². The third-order valence-corrected chi connectivity index (χ3v) is 4.17. The van der Waals surface area contributed by atoms with Gasteiger partial charge in [-0.05, 0) is 24.3 Å². The molecule has 8 heteroatoms. The minimum atomic E-state index is -0.855. The molecule has 1 saturated heterocycles. The molecule has 0 spiro atoms. The van der Waals surface area contributed by atoms with E-state index in [9.17, 15) is 14.4 Å². The van der Waals surface area contributed by atoms with Crippen LogP contribution in [0.3, 0.4) is 0 Å². The summed E-state index contributed by atoms with van der Waals surface area (Å²) < 4.78 is 11.0. The highest BCUT2D eigenvalue weighted by Crippen LogP contribution is 2.29. The number of hydrogen-bond acceptors (Lipinski definition) is 5. The van der Waals surface area contributed by atoms with Crippen molar-refractivity contribution in [1.29, 1.82) is 0 Å². The SMILES string of the molecule is COc1ccc(C=C2C(=O)NC(=O)NC2=O)c(OCc2ccccc2Cl)c1. The maximum atomic E-state index is 11.9. The average molecular weight is 387 g/mol. The van der Waals surface area contributed by atoms with E-state index in [-0.39, 0.29) is 12.2 Å². The number of carbonyl (C=O) groups is 3. The molecule has 1 fully saturated rings. The van der Waals surface area contributed by atoms with Crippen molar-refractivity contribution >= 4 is 35.5 Å². The van der Waals surface area contributed by atoms with E-state index < -0.39 is 17.8 Å². The van der Waals surface area contributed by atoms with Crippen LogP contribution in [0.4, 0.5) is 4.79 Å². The van der Waals surface area contributed by atoms with E-state index in [2.05, 4.69) is 0 Å². The van der Waals surface area contributed by atoms with Crippen molar-refractivity contribution in [3.8, 4) is 11.5 Å². The molecular formula is C19H15ClN2O5. The molecule has 0 saturated carbocycles. The first-order chi connectivity index (χ1) is 13.0. The normalized spacial score (nSPS) is 13.7. The van der Waals surface area contributed by atoms with E-state index in [0.29, 0.717) is 22.1 Å². The van der Waals surface area contributed by atoms with Gasteiger partial charge in [0, 0.05) is 22.2 Å². The largest absolute Gasteiger partial charge is 0.497 e. The number of carbonyl (C=O) groups excluding carboxylic acids is 3. The first-order valence-corrected chi connectivity index (χ1v) is 8.28. The lowest BCUT2D eigenvalue weighted by molar-refractivity contribution is -0.123. The van der Waals surface area contributed by atoms with Gasteiger partial charge in [0.2, 0.25) is 0 Å². The van der Waals surface area contributed by atoms with Crippen LogP contribution in [0.2, 0.25) is 5.02 Å². The second kappa shape index (κ2) is 7.92. The Bertz CT molecular complexity index is 933. The molecule has 1 aliphatic rings. The van der Waals surface area contributed by atoms with Crippen molar-refractivity contribution < 1.29 is 23.9 Å². The average Bonchev–Trinajstić information content (AvgIpc) is 2.64. The number of amides is 4. The molecule has 0 radical (unpaired) electrons. The van der Waals surface area contributed by atoms with Gasteiger partial charge in [-0.3, -0.25) is 20.2 Å². The van der Waals surface area contributed by atoms with Gasteiger partial charge in [0.1, 0.15) is 23.7 Å². The zero-order valence-corrected chi connectivity index (χ0v) is 15.0. The minimum absolute atomic E-state index is 0.180. The highest BCUT2D eigenvalue weighted by atomic mass is 35.5. The number of imide groups is 2. The second-order valence-corrected chi connectivity index (χ2v) is 5.99. The number of barbiturate groups is 1. The summed E-state index contributed by atoms with van der Waals surface area (Å²) in [6.45, 7) is 0.180. The quantitative estimate of drug-likeness (QED) is 0.608. The Labute approximate surface area is 159 Å². The van der Waals surface area contributed by atoms with Gasteiger partial charge in [-0.25, -0.2) is 4.79 Å². The molecule has 3 rings (SSSR count). The molecule has 7 nitrogen and oxygen atoms in total. The van der Waals surface area contributed by atoms with Crippen LogP contribution in [0, 0.1) is 0 Å². The molecule has 2 N–H and O–H groups in total. The minimum Gasteiger partial charge on any atom is -0.497 e. The second-order valence-electron chi connectivity index (χ2n) is 5.58. The number of nitrogens with one attached hydrogen (secondary N) is 2. The molecule has 0 bridgehead atoms. The maximum absolute atomic E-state index is 11.9. The van der Waals surface area contributed by atoms with Crippen LogP contribution in [0.25, 0.3) is 6.08 Å². The zero-order chi connectivity index (χ0) is 19.4. The van der Waals surface area contributed by atoms with Crippen molar-refractivity contribution in [1.82, 2.24) is 10.6 Å². The molecule has 2 aromatic rings. The van der Waals surface area contributed by atoms with Gasteiger partial charge in [-0.2, -0.15) is 0 Å². The van der Waals surface area contributed by atoms with Gasteiger partial charge in [0.25, 0.3) is 11.8 Å². The standard InChI is InChI=1S/C19H15ClN2O5/c1-26-13-7-6-11(8-14-17(23)21-19(25)22-18(14)24)16(9-13)27-10-12-4-2-3-5-15(12)20/h2-9H,10H2,1H3,(H2,21,22,23,24,25). The van der Waals surface area contributed by atoms with Gasteiger partial charge in [-0.1, -0.05) is 29.8 Å². The van der Waals surface area contributed by atoms with Crippen molar-refractivity contribution in [3.63, 3.8) is 0 Å². The van der Waals surface area contributed by atoms with Crippen LogP contribution in [-0.2, 0) is 16.2 Å². The molecule has 0 atom stereocenters. The number of methoxy groups -OCH3 is 1. The fourth-order valence-electron chi connectivity index (χ4n) is 2.42. The first kappa shape index (κ1) is 18.5. The van der Waals surface area contributed by atoms with E-state index in [0.717, 1.165) is 5.56 Å². The predicted molar refractivity (Wildman–Crippen MR) is 98.4 cm³/mol. The highest BCUT2D eigenvalue weighted by molar-refractivity contribution is 6.31. The van der Waals surface area contributed by atoms with Crippen LogP contribution in [-0.4, -0.2) is 25.0 Å². The summed E-state index contributed by atoms with van der Waals surface area (Å²) in [7, 11) is 1.51. The lowest BCUT2D eigenvalue weighted by Crippen LogP contribution is -2.51. The molecule has 1 aliphatic heterocycles. The van der Waals surface area contributed by atoms with Crippen molar-refractivity contribution in [2.24, 2.45) is 0 Å². The van der Waals surface area contributed by atoms with E-state index in [1.54, 1.807) is 24.3 Å². The number of rotatable bonds is 5. The number of halogens is 1. The Hall–Kier alpha value is -3.32. The third kappa shape index (κ3) is 4.27. The molecule has 2 aromatic carbocycles. The summed E-state index contributed by atoms with van der Waals surface area (Å²) in [6.07, 6.45) is 1.35. The lowest BCUT2D eigenvalue weighted by atomic mass is 10.1. The van der Waals surface area contributed by atoms with Crippen LogP contribution in [0.5, 0.6) is 11.5 Å². The Kier molecular flexibility index (Phi) is 5.42. The van der Waals surface area contributed by atoms with Crippen LogP contribution in [0.15, 0.2) is 48.0 Å². The smallest absolute Gasteiger partial charge is 0.328 e. The molecule has 4 amide bonds. The summed E-state index contributed by atoms with van der Waals surface area (Å²) in [5, 5.41) is 4.61. The molecule has 0 aliphatic carbocycles. The zero-order valence-electron chi connectivity index (χ0n) is 14.2. The maximum Gasteiger partial charge on any atom is 0.328 e. The summed E-state index contributed by atoms with van der Waals surface area (Å²) in [4.78, 5) is 35.0.